The highest BCUT2D eigenvalue weighted by molar-refractivity contribution is 7.17. The molecular weight excluding hydrogens is 526 g/mol. The Labute approximate surface area is 235 Å². The predicted molar refractivity (Wildman–Crippen MR) is 155 cm³/mol. The molecule has 40 heavy (non-hydrogen) atoms. The maximum absolute atomic E-state index is 12.2. The number of aromatic amines is 1. The lowest BCUT2D eigenvalue weighted by Gasteiger charge is -2.28. The molecule has 3 aromatic heterocycles. The molecule has 3 atom stereocenters. The number of hydrogen-bond acceptors (Lipinski definition) is 7. The quantitative estimate of drug-likeness (QED) is 0.298. The minimum absolute atomic E-state index is 0.0404. The van der Waals surface area contributed by atoms with Gasteiger partial charge in [0.25, 0.3) is 0 Å². The van der Waals surface area contributed by atoms with Crippen molar-refractivity contribution in [3.63, 3.8) is 0 Å². The highest BCUT2D eigenvalue weighted by Gasteiger charge is 2.29. The SMILES string of the molecule is Cc1c(C(CC(=O)O)c2cc(CN3C[C@@H](C)Oc4ccc(=O)[nH]c4[C@@H]3C)c3sccc3c2)ccc2c1nnn2C. The number of rotatable bonds is 6. The highest BCUT2D eigenvalue weighted by atomic mass is 32.1. The maximum atomic E-state index is 12.2. The minimum atomic E-state index is -0.858. The Morgan fingerprint density at radius 3 is 2.85 bits per heavy atom. The standard InChI is InChI=1S/C30H31N5O4S/c1-16-14-35(18(3)29-25(39-16)7-8-26(36)31-29)15-21-12-20(11-19-9-10-40-30(19)21)23(13-27(37)38)22-5-6-24-28(17(22)2)32-33-34(24)4/h5-12,16,18,23H,13-15H2,1-4H3,(H,31,36)(H,37,38)/t16-,18+,23?/m1/s1. The molecular formula is C30H31N5O4S. The van der Waals surface area contributed by atoms with Crippen LogP contribution in [-0.2, 0) is 18.4 Å². The smallest absolute Gasteiger partial charge is 0.304 e. The number of hydrogen-bond donors (Lipinski definition) is 2. The number of nitrogens with zero attached hydrogens (tertiary/aromatic N) is 4. The first kappa shape index (κ1) is 26.2. The summed E-state index contributed by atoms with van der Waals surface area (Å²) < 4.78 is 9.05. The zero-order chi connectivity index (χ0) is 28.1. The van der Waals surface area contributed by atoms with Crippen LogP contribution in [0.2, 0.25) is 0 Å². The predicted octanol–water partition coefficient (Wildman–Crippen LogP) is 5.13. The van der Waals surface area contributed by atoms with Gasteiger partial charge in [0.1, 0.15) is 17.4 Å². The molecule has 9 nitrogen and oxygen atoms in total. The first-order valence-electron chi connectivity index (χ1n) is 13.3. The summed E-state index contributed by atoms with van der Waals surface area (Å²) in [6.45, 7) is 7.40. The van der Waals surface area contributed by atoms with E-state index in [1.165, 1.54) is 10.8 Å². The Kier molecular flexibility index (Phi) is 6.67. The van der Waals surface area contributed by atoms with Gasteiger partial charge in [-0.2, -0.15) is 0 Å². The van der Waals surface area contributed by atoms with Crippen molar-refractivity contribution in [2.45, 2.75) is 51.8 Å². The molecule has 0 radical (unpaired) electrons. The van der Waals surface area contributed by atoms with Gasteiger partial charge >= 0.3 is 5.97 Å². The van der Waals surface area contributed by atoms with E-state index in [4.69, 9.17) is 4.74 Å². The van der Waals surface area contributed by atoms with Gasteiger partial charge in [-0.15, -0.1) is 16.4 Å². The fourth-order valence-corrected chi connectivity index (χ4v) is 6.83. The van der Waals surface area contributed by atoms with Crippen molar-refractivity contribution < 1.29 is 14.6 Å². The lowest BCUT2D eigenvalue weighted by atomic mass is 9.84. The third kappa shape index (κ3) is 4.67. The summed E-state index contributed by atoms with van der Waals surface area (Å²) in [5.41, 5.74) is 6.27. The number of aryl methyl sites for hydroxylation is 2. The number of carboxylic acid groups (broad SMARTS) is 1. The van der Waals surface area contributed by atoms with E-state index in [0.717, 1.165) is 44.4 Å². The van der Waals surface area contributed by atoms with Crippen molar-refractivity contribution in [2.24, 2.45) is 7.05 Å². The first-order valence-corrected chi connectivity index (χ1v) is 14.2. The zero-order valence-corrected chi connectivity index (χ0v) is 23.7. The maximum Gasteiger partial charge on any atom is 0.304 e. The van der Waals surface area contributed by atoms with E-state index in [1.54, 1.807) is 22.1 Å². The second kappa shape index (κ2) is 10.2. The van der Waals surface area contributed by atoms with Crippen molar-refractivity contribution in [2.75, 3.05) is 6.54 Å². The lowest BCUT2D eigenvalue weighted by Crippen LogP contribution is -2.33. The second-order valence-electron chi connectivity index (χ2n) is 10.7. The Morgan fingerprint density at radius 1 is 1.23 bits per heavy atom. The van der Waals surface area contributed by atoms with Crippen LogP contribution in [0.1, 0.15) is 60.2 Å². The summed E-state index contributed by atoms with van der Waals surface area (Å²) in [4.78, 5) is 29.6. The molecule has 2 aromatic carbocycles. The molecule has 4 heterocycles. The van der Waals surface area contributed by atoms with Gasteiger partial charge in [0, 0.05) is 36.8 Å². The summed E-state index contributed by atoms with van der Waals surface area (Å²) in [7, 11) is 1.85. The molecule has 1 aliphatic rings. The zero-order valence-electron chi connectivity index (χ0n) is 22.8. The number of benzene rings is 2. The molecule has 10 heteroatoms. The molecule has 206 valence electrons. The van der Waals surface area contributed by atoms with Crippen LogP contribution >= 0.6 is 11.3 Å². The van der Waals surface area contributed by atoms with Crippen molar-refractivity contribution in [1.82, 2.24) is 24.9 Å². The second-order valence-corrected chi connectivity index (χ2v) is 11.6. The third-order valence-corrected chi connectivity index (χ3v) is 8.96. The van der Waals surface area contributed by atoms with Gasteiger partial charge in [0.05, 0.1) is 23.7 Å². The van der Waals surface area contributed by atoms with Crippen LogP contribution in [-0.4, -0.2) is 48.6 Å². The van der Waals surface area contributed by atoms with Crippen LogP contribution in [0, 0.1) is 6.92 Å². The lowest BCUT2D eigenvalue weighted by molar-refractivity contribution is -0.137. The average Bonchev–Trinajstić information content (AvgIpc) is 3.52. The summed E-state index contributed by atoms with van der Waals surface area (Å²) in [5.74, 6) is -0.510. The number of aliphatic carboxylic acids is 1. The molecule has 0 spiro atoms. The summed E-state index contributed by atoms with van der Waals surface area (Å²) >= 11 is 1.68. The number of aromatic nitrogens is 4. The summed E-state index contributed by atoms with van der Waals surface area (Å²) in [5, 5.41) is 21.6. The van der Waals surface area contributed by atoms with Gasteiger partial charge in [0.2, 0.25) is 5.56 Å². The highest BCUT2D eigenvalue weighted by Crippen LogP contribution is 2.39. The number of nitrogens with one attached hydrogen (secondary N) is 1. The van der Waals surface area contributed by atoms with Gasteiger partial charge in [-0.3, -0.25) is 14.5 Å². The van der Waals surface area contributed by atoms with Gasteiger partial charge in [0.15, 0.2) is 0 Å². The van der Waals surface area contributed by atoms with E-state index >= 15 is 0 Å². The molecule has 6 rings (SSSR count). The Bertz CT molecular complexity index is 1810. The summed E-state index contributed by atoms with van der Waals surface area (Å²) in [6, 6.07) is 13.5. The molecule has 5 aromatic rings. The van der Waals surface area contributed by atoms with Crippen molar-refractivity contribution in [1.29, 1.82) is 0 Å². The molecule has 1 unspecified atom stereocenters. The van der Waals surface area contributed by atoms with Gasteiger partial charge in [-0.25, -0.2) is 4.68 Å². The van der Waals surface area contributed by atoms with E-state index in [2.05, 4.69) is 50.7 Å². The number of fused-ring (bicyclic) bond motifs is 3. The van der Waals surface area contributed by atoms with Gasteiger partial charge < -0.3 is 14.8 Å². The first-order chi connectivity index (χ1) is 19.2. The Hall–Kier alpha value is -4.02. The molecule has 1 aliphatic heterocycles. The molecule has 0 bridgehead atoms. The molecule has 0 amide bonds. The van der Waals surface area contributed by atoms with Crippen molar-refractivity contribution in [3.05, 3.63) is 86.1 Å². The van der Waals surface area contributed by atoms with Gasteiger partial charge in [-0.1, -0.05) is 17.3 Å². The van der Waals surface area contributed by atoms with E-state index in [0.29, 0.717) is 18.8 Å². The third-order valence-electron chi connectivity index (χ3n) is 7.95. The number of thiophene rings is 1. The fourth-order valence-electron chi connectivity index (χ4n) is 5.94. The summed E-state index contributed by atoms with van der Waals surface area (Å²) in [6.07, 6.45) is -0.112. The van der Waals surface area contributed by atoms with Crippen LogP contribution in [0.3, 0.4) is 0 Å². The molecule has 0 saturated carbocycles. The van der Waals surface area contributed by atoms with Gasteiger partial charge in [-0.05, 0) is 78.1 Å². The Morgan fingerprint density at radius 2 is 2.05 bits per heavy atom. The van der Waals surface area contributed by atoms with Crippen LogP contribution in [0.15, 0.2) is 52.6 Å². The van der Waals surface area contributed by atoms with E-state index in [9.17, 15) is 14.7 Å². The molecule has 0 fully saturated rings. The van der Waals surface area contributed by atoms with Crippen LogP contribution in [0.25, 0.3) is 21.1 Å². The molecule has 0 aliphatic carbocycles. The van der Waals surface area contributed by atoms with E-state index < -0.39 is 5.97 Å². The largest absolute Gasteiger partial charge is 0.487 e. The fraction of sp³-hybridized carbons (Fsp3) is 0.333. The van der Waals surface area contributed by atoms with E-state index in [1.807, 2.05) is 33.0 Å². The van der Waals surface area contributed by atoms with E-state index in [-0.39, 0.29) is 30.0 Å². The monoisotopic (exact) mass is 557 g/mol. The normalized spacial score (nSPS) is 18.4. The number of pyridine rings is 1. The molecule has 0 saturated heterocycles. The van der Waals surface area contributed by atoms with Crippen molar-refractivity contribution >= 4 is 38.4 Å². The Balaban J connectivity index is 1.44. The van der Waals surface area contributed by atoms with Crippen molar-refractivity contribution in [3.8, 4) is 5.75 Å². The number of H-pyrrole nitrogens is 1. The van der Waals surface area contributed by atoms with Crippen LogP contribution in [0.4, 0.5) is 0 Å². The molecule has 2 N–H and O–H groups in total. The average molecular weight is 558 g/mol. The number of carboxylic acids is 1. The van der Waals surface area contributed by atoms with Crippen LogP contribution < -0.4 is 10.3 Å². The minimum Gasteiger partial charge on any atom is -0.487 e. The topological polar surface area (TPSA) is 113 Å². The number of ether oxygens (including phenoxy) is 1. The number of carbonyl (C=O) groups is 1. The van der Waals surface area contributed by atoms with Crippen LogP contribution in [0.5, 0.6) is 5.75 Å².